The van der Waals surface area contributed by atoms with E-state index in [1.165, 1.54) is 0 Å². The normalized spacial score (nSPS) is 11.2. The van der Waals surface area contributed by atoms with E-state index in [9.17, 15) is 14.4 Å². The van der Waals surface area contributed by atoms with Crippen LogP contribution < -0.4 is 16.0 Å². The number of nitrogens with one attached hydrogen (secondary N) is 3. The van der Waals surface area contributed by atoms with E-state index in [2.05, 4.69) is 16.0 Å². The lowest BCUT2D eigenvalue weighted by molar-refractivity contribution is -0.124. The number of hydrogen-bond donors (Lipinski definition) is 3. The summed E-state index contributed by atoms with van der Waals surface area (Å²) in [6, 6.07) is 17.1. The molecule has 1 heterocycles. The first-order valence-corrected chi connectivity index (χ1v) is 13.9. The highest BCUT2D eigenvalue weighted by Gasteiger charge is 2.19. The van der Waals surface area contributed by atoms with Gasteiger partial charge in [-0.25, -0.2) is 0 Å². The van der Waals surface area contributed by atoms with Crippen molar-refractivity contribution < 1.29 is 14.4 Å². The molecule has 0 fully saturated rings. The zero-order valence-corrected chi connectivity index (χ0v) is 24.7. The van der Waals surface area contributed by atoms with Gasteiger partial charge in [-0.1, -0.05) is 54.7 Å². The number of rotatable bonds is 8. The summed E-state index contributed by atoms with van der Waals surface area (Å²) in [6.45, 7) is 7.89. The van der Waals surface area contributed by atoms with Crippen LogP contribution in [0.4, 0.5) is 11.4 Å². The molecule has 40 heavy (non-hydrogen) atoms. The largest absolute Gasteiger partial charge is 0.352 e. The Labute approximate surface area is 247 Å². The molecule has 0 unspecified atom stereocenters. The minimum atomic E-state index is -0.388. The van der Waals surface area contributed by atoms with Crippen LogP contribution in [0.3, 0.4) is 0 Å². The number of anilines is 2. The summed E-state index contributed by atoms with van der Waals surface area (Å²) in [4.78, 5) is 38.3. The van der Waals surface area contributed by atoms with Gasteiger partial charge in [-0.05, 0) is 74.0 Å². The van der Waals surface area contributed by atoms with Crippen molar-refractivity contribution in [3.63, 3.8) is 0 Å². The zero-order valence-electron chi connectivity index (χ0n) is 22.4. The lowest BCUT2D eigenvalue weighted by atomic mass is 10.1. The van der Waals surface area contributed by atoms with Gasteiger partial charge in [0.25, 0.3) is 11.8 Å². The highest BCUT2D eigenvalue weighted by atomic mass is 35.5. The average molecular weight is 600 g/mol. The molecule has 0 spiro atoms. The molecule has 0 radical (unpaired) electrons. The van der Waals surface area contributed by atoms with Crippen molar-refractivity contribution in [2.45, 2.75) is 40.3 Å². The van der Waals surface area contributed by atoms with Crippen molar-refractivity contribution in [2.75, 3.05) is 10.6 Å². The lowest BCUT2D eigenvalue weighted by Crippen LogP contribution is -2.27. The fourth-order valence-corrected chi connectivity index (χ4v) is 5.04. The Bertz CT molecular complexity index is 1590. The van der Waals surface area contributed by atoms with Crippen molar-refractivity contribution in [3.05, 3.63) is 92.6 Å². The highest BCUT2D eigenvalue weighted by molar-refractivity contribution is 6.35. The topological polar surface area (TPSA) is 92.2 Å². The number of nitrogens with zero attached hydrogens (tertiary/aromatic N) is 1. The molecule has 208 valence electrons. The van der Waals surface area contributed by atoms with Crippen LogP contribution in [0.5, 0.6) is 0 Å². The molecule has 1 aromatic heterocycles. The van der Waals surface area contributed by atoms with Crippen LogP contribution in [-0.4, -0.2) is 22.3 Å². The summed E-state index contributed by atoms with van der Waals surface area (Å²) in [7, 11) is 0. The molecule has 7 nitrogen and oxygen atoms in total. The van der Waals surface area contributed by atoms with Crippen LogP contribution in [0.15, 0.2) is 60.7 Å². The number of amides is 3. The third kappa shape index (κ3) is 6.78. The van der Waals surface area contributed by atoms with Crippen molar-refractivity contribution in [2.24, 2.45) is 5.92 Å². The number of carbonyl (C=O) groups excluding carboxylic acids is 3. The average Bonchev–Trinajstić information content (AvgIpc) is 3.26. The van der Waals surface area contributed by atoms with E-state index in [1.807, 2.05) is 38.3 Å². The lowest BCUT2D eigenvalue weighted by Gasteiger charge is -2.15. The minimum absolute atomic E-state index is 0.0145. The van der Waals surface area contributed by atoms with E-state index in [0.29, 0.717) is 32.1 Å². The van der Waals surface area contributed by atoms with Crippen molar-refractivity contribution >= 4 is 74.8 Å². The maximum atomic E-state index is 13.3. The van der Waals surface area contributed by atoms with Gasteiger partial charge in [0.2, 0.25) is 5.91 Å². The SMILES string of the molecule is CC(C)C(=O)NCc1ccc(Cl)c(C(=O)Nc2ccc3c(c2)cc(C(=O)Nc2cc(Cl)cc(Cl)c2)n3C(C)C)c1. The predicted octanol–water partition coefficient (Wildman–Crippen LogP) is 7.96. The molecule has 0 atom stereocenters. The van der Waals surface area contributed by atoms with E-state index in [0.717, 1.165) is 16.5 Å². The third-order valence-electron chi connectivity index (χ3n) is 6.23. The van der Waals surface area contributed by atoms with Gasteiger partial charge in [-0.15, -0.1) is 0 Å². The number of halogens is 3. The van der Waals surface area contributed by atoms with Gasteiger partial charge in [0.1, 0.15) is 5.69 Å². The first-order chi connectivity index (χ1) is 18.9. The summed E-state index contributed by atoms with van der Waals surface area (Å²) in [5.74, 6) is -0.924. The fourth-order valence-electron chi connectivity index (χ4n) is 4.31. The summed E-state index contributed by atoms with van der Waals surface area (Å²) in [5, 5.41) is 10.5. The van der Waals surface area contributed by atoms with Crippen LogP contribution in [-0.2, 0) is 11.3 Å². The number of fused-ring (bicyclic) bond motifs is 1. The Balaban J connectivity index is 1.58. The van der Waals surface area contributed by atoms with Crippen molar-refractivity contribution in [1.29, 1.82) is 0 Å². The first kappa shape index (κ1) is 29.5. The van der Waals surface area contributed by atoms with Gasteiger partial charge in [0, 0.05) is 50.8 Å². The van der Waals surface area contributed by atoms with Crippen LogP contribution in [0.1, 0.15) is 60.1 Å². The molecule has 0 aliphatic heterocycles. The molecule has 0 aliphatic carbocycles. The fraction of sp³-hybridized carbons (Fsp3) is 0.233. The molecular weight excluding hydrogens is 571 g/mol. The molecule has 0 saturated heterocycles. The van der Waals surface area contributed by atoms with Gasteiger partial charge in [0.05, 0.1) is 10.6 Å². The van der Waals surface area contributed by atoms with Gasteiger partial charge in [-0.3, -0.25) is 14.4 Å². The zero-order chi connectivity index (χ0) is 29.1. The maximum absolute atomic E-state index is 13.3. The molecule has 0 bridgehead atoms. The molecule has 4 aromatic rings. The Hall–Kier alpha value is -3.52. The third-order valence-corrected chi connectivity index (χ3v) is 7.00. The molecule has 3 amide bonds. The van der Waals surface area contributed by atoms with E-state index in [-0.39, 0.29) is 41.8 Å². The number of carbonyl (C=O) groups is 3. The second kappa shape index (κ2) is 12.3. The molecule has 0 aliphatic rings. The molecular formula is C30H29Cl3N4O3. The van der Waals surface area contributed by atoms with Crippen LogP contribution in [0, 0.1) is 5.92 Å². The highest BCUT2D eigenvalue weighted by Crippen LogP contribution is 2.29. The van der Waals surface area contributed by atoms with Crippen LogP contribution >= 0.6 is 34.8 Å². The monoisotopic (exact) mass is 598 g/mol. The molecule has 0 saturated carbocycles. The summed E-state index contributed by atoms with van der Waals surface area (Å²) >= 11 is 18.5. The second-order valence-electron chi connectivity index (χ2n) is 10.0. The van der Waals surface area contributed by atoms with Crippen LogP contribution in [0.25, 0.3) is 10.9 Å². The summed E-state index contributed by atoms with van der Waals surface area (Å²) in [6.07, 6.45) is 0. The molecule has 3 aromatic carbocycles. The standard InChI is InChI=1S/C30H29Cl3N4O3/c1-16(2)28(38)34-15-18-5-7-25(33)24(9-18)29(39)35-22-6-8-26-19(10-22)11-27(37(26)17(3)4)30(40)36-23-13-20(31)12-21(32)14-23/h5-14,16-17H,15H2,1-4H3,(H,34,38)(H,35,39)(H,36,40). The first-order valence-electron chi connectivity index (χ1n) is 12.7. The number of hydrogen-bond acceptors (Lipinski definition) is 3. The van der Waals surface area contributed by atoms with Crippen molar-refractivity contribution in [1.82, 2.24) is 9.88 Å². The minimum Gasteiger partial charge on any atom is -0.352 e. The van der Waals surface area contributed by atoms with Gasteiger partial charge < -0.3 is 20.5 Å². The summed E-state index contributed by atoms with van der Waals surface area (Å²) in [5.41, 5.74) is 3.36. The Morgan fingerprint density at radius 2 is 1.45 bits per heavy atom. The van der Waals surface area contributed by atoms with Gasteiger partial charge in [0.15, 0.2) is 0 Å². The Morgan fingerprint density at radius 3 is 2.10 bits per heavy atom. The molecule has 10 heteroatoms. The predicted molar refractivity (Wildman–Crippen MR) is 163 cm³/mol. The van der Waals surface area contributed by atoms with Gasteiger partial charge in [-0.2, -0.15) is 0 Å². The second-order valence-corrected chi connectivity index (χ2v) is 11.3. The maximum Gasteiger partial charge on any atom is 0.272 e. The quantitative estimate of drug-likeness (QED) is 0.192. The Morgan fingerprint density at radius 1 is 0.775 bits per heavy atom. The number of benzene rings is 3. The smallest absolute Gasteiger partial charge is 0.272 e. The number of aromatic nitrogens is 1. The van der Waals surface area contributed by atoms with Crippen LogP contribution in [0.2, 0.25) is 15.1 Å². The molecule has 4 rings (SSSR count). The van der Waals surface area contributed by atoms with E-state index < -0.39 is 0 Å². The van der Waals surface area contributed by atoms with Crippen molar-refractivity contribution in [3.8, 4) is 0 Å². The molecule has 3 N–H and O–H groups in total. The van der Waals surface area contributed by atoms with E-state index in [1.54, 1.807) is 54.6 Å². The van der Waals surface area contributed by atoms with E-state index in [4.69, 9.17) is 34.8 Å². The van der Waals surface area contributed by atoms with Gasteiger partial charge >= 0.3 is 0 Å². The Kier molecular flexibility index (Phi) is 9.08. The summed E-state index contributed by atoms with van der Waals surface area (Å²) < 4.78 is 1.92. The van der Waals surface area contributed by atoms with E-state index >= 15 is 0 Å².